The van der Waals surface area contributed by atoms with Crippen LogP contribution in [-0.2, 0) is 19.4 Å². The summed E-state index contributed by atoms with van der Waals surface area (Å²) in [5.41, 5.74) is 3.79. The fraction of sp³-hybridized carbons (Fsp3) is 0.250. The third-order valence-electron chi connectivity index (χ3n) is 5.34. The number of nitrogens with one attached hydrogen (secondary N) is 2. The first kappa shape index (κ1) is 20.9. The van der Waals surface area contributed by atoms with Crippen molar-refractivity contribution in [3.8, 4) is 5.75 Å². The lowest BCUT2D eigenvalue weighted by molar-refractivity contribution is 0.0696. The average Bonchev–Trinajstić information content (AvgIpc) is 3.18. The van der Waals surface area contributed by atoms with E-state index < -0.39 is 5.97 Å². The zero-order valence-corrected chi connectivity index (χ0v) is 18.1. The Hall–Kier alpha value is -3.32. The molecule has 0 radical (unpaired) electrons. The largest absolute Gasteiger partial charge is 0.489 e. The van der Waals surface area contributed by atoms with Gasteiger partial charge in [0.1, 0.15) is 17.4 Å². The molecule has 6 nitrogen and oxygen atoms in total. The molecular weight excluding hydrogens is 412 g/mol. The van der Waals surface area contributed by atoms with Gasteiger partial charge in [-0.25, -0.2) is 4.79 Å². The molecule has 1 aliphatic carbocycles. The van der Waals surface area contributed by atoms with Crippen molar-refractivity contribution < 1.29 is 19.4 Å². The number of fused-ring (bicyclic) bond motifs is 1. The molecule has 31 heavy (non-hydrogen) atoms. The molecule has 3 aromatic rings. The molecule has 1 amide bonds. The topological polar surface area (TPSA) is 87.7 Å². The van der Waals surface area contributed by atoms with Gasteiger partial charge < -0.3 is 20.5 Å². The van der Waals surface area contributed by atoms with Crippen molar-refractivity contribution in [2.24, 2.45) is 0 Å². The first-order chi connectivity index (χ1) is 15.0. The van der Waals surface area contributed by atoms with Crippen molar-refractivity contribution in [1.29, 1.82) is 0 Å². The Bertz CT molecular complexity index is 1090. The van der Waals surface area contributed by atoms with Gasteiger partial charge >= 0.3 is 5.97 Å². The van der Waals surface area contributed by atoms with E-state index in [1.54, 1.807) is 35.6 Å². The molecule has 0 atom stereocenters. The van der Waals surface area contributed by atoms with Crippen LogP contribution >= 0.6 is 11.3 Å². The number of thiophene rings is 1. The number of carboxylic acids is 1. The van der Waals surface area contributed by atoms with Gasteiger partial charge in [-0.05, 0) is 73.2 Å². The standard InChI is InChI=1S/C24H24N2O4S/c1-25-23-21(19-4-2-3-5-20(19)31-23)22(27)26-17-10-12-18(13-11-17)30-14-15-6-8-16(9-7-15)24(28)29/h6-13,25H,2-5,14H2,1H3,(H,26,27)(H,28,29). The highest BCUT2D eigenvalue weighted by Crippen LogP contribution is 2.38. The van der Waals surface area contributed by atoms with Crippen molar-refractivity contribution in [2.75, 3.05) is 17.7 Å². The number of hydrogen-bond donors (Lipinski definition) is 3. The number of benzene rings is 2. The summed E-state index contributed by atoms with van der Waals surface area (Å²) in [4.78, 5) is 25.2. The van der Waals surface area contributed by atoms with Crippen molar-refractivity contribution in [3.05, 3.63) is 75.7 Å². The van der Waals surface area contributed by atoms with Crippen LogP contribution in [0.3, 0.4) is 0 Å². The highest BCUT2D eigenvalue weighted by molar-refractivity contribution is 7.16. The molecule has 0 unspecified atom stereocenters. The first-order valence-corrected chi connectivity index (χ1v) is 11.1. The van der Waals surface area contributed by atoms with E-state index in [2.05, 4.69) is 10.6 Å². The molecule has 0 fully saturated rings. The van der Waals surface area contributed by atoms with Crippen LogP contribution in [0.2, 0.25) is 0 Å². The Morgan fingerprint density at radius 3 is 2.42 bits per heavy atom. The van der Waals surface area contributed by atoms with Crippen LogP contribution in [0, 0.1) is 0 Å². The number of carbonyl (C=O) groups is 2. The third kappa shape index (κ3) is 4.72. The summed E-state index contributed by atoms with van der Waals surface area (Å²) >= 11 is 1.69. The van der Waals surface area contributed by atoms with Crippen molar-refractivity contribution in [3.63, 3.8) is 0 Å². The maximum atomic E-state index is 13.0. The van der Waals surface area contributed by atoms with Crippen LogP contribution in [0.1, 0.15) is 49.6 Å². The molecule has 7 heteroatoms. The molecule has 1 aliphatic rings. The number of carboxylic acid groups (broad SMARTS) is 1. The van der Waals surface area contributed by atoms with E-state index in [1.165, 1.54) is 16.9 Å². The number of rotatable bonds is 7. The van der Waals surface area contributed by atoms with Gasteiger partial charge in [-0.2, -0.15) is 0 Å². The minimum Gasteiger partial charge on any atom is -0.489 e. The average molecular weight is 437 g/mol. The van der Waals surface area contributed by atoms with Crippen molar-refractivity contribution in [1.82, 2.24) is 0 Å². The molecule has 3 N–H and O–H groups in total. The molecular formula is C24H24N2O4S. The lowest BCUT2D eigenvalue weighted by atomic mass is 9.95. The quantitative estimate of drug-likeness (QED) is 0.474. The number of ether oxygens (including phenoxy) is 1. The van der Waals surface area contributed by atoms with Crippen LogP contribution in [0.15, 0.2) is 48.5 Å². The maximum Gasteiger partial charge on any atom is 0.335 e. The molecule has 0 aliphatic heterocycles. The van der Waals surface area contributed by atoms with Crippen molar-refractivity contribution >= 4 is 33.9 Å². The van der Waals surface area contributed by atoms with E-state index in [9.17, 15) is 9.59 Å². The fourth-order valence-electron chi connectivity index (χ4n) is 3.72. The summed E-state index contributed by atoms with van der Waals surface area (Å²) in [5, 5.41) is 16.1. The molecule has 0 bridgehead atoms. The smallest absolute Gasteiger partial charge is 0.335 e. The number of aromatic carboxylic acids is 1. The Labute approximate surface area is 184 Å². The molecule has 160 valence electrons. The maximum absolute atomic E-state index is 13.0. The predicted molar refractivity (Wildman–Crippen MR) is 123 cm³/mol. The summed E-state index contributed by atoms with van der Waals surface area (Å²) in [6.07, 6.45) is 4.31. The SMILES string of the molecule is CNc1sc2c(c1C(=O)Nc1ccc(OCc3ccc(C(=O)O)cc3)cc1)CCCC2. The number of aryl methyl sites for hydroxylation is 1. The van der Waals surface area contributed by atoms with E-state index in [0.29, 0.717) is 18.0 Å². The Morgan fingerprint density at radius 1 is 1.03 bits per heavy atom. The zero-order valence-electron chi connectivity index (χ0n) is 17.2. The second-order valence-corrected chi connectivity index (χ2v) is 8.54. The molecule has 0 saturated carbocycles. The summed E-state index contributed by atoms with van der Waals surface area (Å²) in [5.74, 6) is -0.366. The van der Waals surface area contributed by atoms with E-state index in [1.807, 2.05) is 31.3 Å². The summed E-state index contributed by atoms with van der Waals surface area (Å²) in [6.45, 7) is 0.332. The monoisotopic (exact) mass is 436 g/mol. The van der Waals surface area contributed by atoms with Gasteiger partial charge in [0.15, 0.2) is 0 Å². The van der Waals surface area contributed by atoms with E-state index in [-0.39, 0.29) is 11.5 Å². The third-order valence-corrected chi connectivity index (χ3v) is 6.65. The second-order valence-electron chi connectivity index (χ2n) is 7.43. The number of anilines is 2. The first-order valence-electron chi connectivity index (χ1n) is 10.2. The highest BCUT2D eigenvalue weighted by Gasteiger charge is 2.24. The minimum absolute atomic E-state index is 0.0871. The van der Waals surface area contributed by atoms with Crippen LogP contribution < -0.4 is 15.4 Å². The highest BCUT2D eigenvalue weighted by atomic mass is 32.1. The lowest BCUT2D eigenvalue weighted by Gasteiger charge is -2.13. The summed E-state index contributed by atoms with van der Waals surface area (Å²) in [6, 6.07) is 13.8. The van der Waals surface area contributed by atoms with Gasteiger partial charge in [0.05, 0.1) is 11.1 Å². The predicted octanol–water partition coefficient (Wildman–Crippen LogP) is 5.20. The zero-order chi connectivity index (χ0) is 21.8. The van der Waals surface area contributed by atoms with E-state index >= 15 is 0 Å². The second kappa shape index (κ2) is 9.22. The molecule has 1 heterocycles. The van der Waals surface area contributed by atoms with Crippen LogP contribution in [0.4, 0.5) is 10.7 Å². The van der Waals surface area contributed by atoms with Gasteiger partial charge in [0.2, 0.25) is 0 Å². The van der Waals surface area contributed by atoms with Gasteiger partial charge in [-0.1, -0.05) is 12.1 Å². The Kier molecular flexibility index (Phi) is 6.23. The molecule has 1 aromatic heterocycles. The molecule has 0 saturated heterocycles. The molecule has 4 rings (SSSR count). The fourth-order valence-corrected chi connectivity index (χ4v) is 4.96. The van der Waals surface area contributed by atoms with E-state index in [4.69, 9.17) is 9.84 Å². The van der Waals surface area contributed by atoms with Gasteiger partial charge in [0, 0.05) is 17.6 Å². The molecule has 0 spiro atoms. The van der Waals surface area contributed by atoms with Gasteiger partial charge in [-0.15, -0.1) is 11.3 Å². The summed E-state index contributed by atoms with van der Waals surface area (Å²) < 4.78 is 5.77. The van der Waals surface area contributed by atoms with Crippen LogP contribution in [-0.4, -0.2) is 24.0 Å². The number of carbonyl (C=O) groups excluding carboxylic acids is 1. The van der Waals surface area contributed by atoms with Crippen LogP contribution in [0.25, 0.3) is 0 Å². The Morgan fingerprint density at radius 2 is 1.74 bits per heavy atom. The Balaban J connectivity index is 1.39. The van der Waals surface area contributed by atoms with Gasteiger partial charge in [-0.3, -0.25) is 4.79 Å². The number of hydrogen-bond acceptors (Lipinski definition) is 5. The summed E-state index contributed by atoms with van der Waals surface area (Å²) in [7, 11) is 1.86. The lowest BCUT2D eigenvalue weighted by Crippen LogP contribution is -2.15. The van der Waals surface area contributed by atoms with Crippen molar-refractivity contribution in [2.45, 2.75) is 32.3 Å². The van der Waals surface area contributed by atoms with E-state index in [0.717, 1.165) is 35.4 Å². The normalized spacial score (nSPS) is 12.7. The van der Waals surface area contributed by atoms with Crippen LogP contribution in [0.5, 0.6) is 5.75 Å². The molecule has 2 aromatic carbocycles. The van der Waals surface area contributed by atoms with Gasteiger partial charge in [0.25, 0.3) is 5.91 Å². The number of amides is 1. The minimum atomic E-state index is -0.949.